The Kier molecular flexibility index (Phi) is 2.57. The van der Waals surface area contributed by atoms with Gasteiger partial charge < -0.3 is 51.2 Å². The minimum atomic E-state index is -2.52. The van der Waals surface area contributed by atoms with Crippen molar-refractivity contribution < 1.29 is 40.1 Å². The molecule has 1 spiro atoms. The van der Waals surface area contributed by atoms with Gasteiger partial charge in [-0.3, -0.25) is 0 Å². The van der Waals surface area contributed by atoms with Crippen LogP contribution in [0.2, 0.25) is 0 Å². The molecule has 0 aromatic heterocycles. The number of hydrogen-bond acceptors (Lipinski definition) is 11. The molecule has 1 saturated carbocycles. The van der Waals surface area contributed by atoms with E-state index in [-0.39, 0.29) is 5.96 Å². The van der Waals surface area contributed by atoms with Gasteiger partial charge in [-0.15, -0.1) is 0 Å². The number of rotatable bonds is 1. The van der Waals surface area contributed by atoms with Gasteiger partial charge in [0.15, 0.2) is 18.3 Å². The van der Waals surface area contributed by atoms with Gasteiger partial charge in [-0.2, -0.15) is 0 Å². The quantitative estimate of drug-likeness (QED) is 0.231. The molecule has 5 rings (SSSR count). The number of guanidine groups is 1. The fourth-order valence-corrected chi connectivity index (χ4v) is 4.24. The first kappa shape index (κ1) is 14.5. The highest BCUT2D eigenvalue weighted by atomic mass is 16.9. The third-order valence-electron chi connectivity index (χ3n) is 5.22. The standard InChI is InChI=1S/C11H17N3O8/c12-8-13-6(17)2-4-9(19,1-15)5-3(16)10(2,14-8)7(18)11(20,21-4)22-5/h2-7,15-20H,1H2,(H3,12,13,14)/t2-,3?,4-,5+,6-,7+,9-,10-,11+/m1/s1. The summed E-state index contributed by atoms with van der Waals surface area (Å²) in [7, 11) is 0. The lowest BCUT2D eigenvalue weighted by molar-refractivity contribution is -0.548. The third-order valence-corrected chi connectivity index (χ3v) is 5.22. The summed E-state index contributed by atoms with van der Waals surface area (Å²) in [6.45, 7) is -0.857. The normalized spacial score (nSPS) is 62.4. The Bertz CT molecular complexity index is 561. The van der Waals surface area contributed by atoms with Crippen LogP contribution in [0, 0.1) is 5.92 Å². The van der Waals surface area contributed by atoms with Crippen LogP contribution in [0.15, 0.2) is 4.99 Å². The molecule has 0 radical (unpaired) electrons. The van der Waals surface area contributed by atoms with Gasteiger partial charge in [0.05, 0.1) is 12.5 Å². The van der Waals surface area contributed by atoms with E-state index in [0.717, 1.165) is 0 Å². The number of nitrogens with zero attached hydrogens (tertiary/aromatic N) is 1. The monoisotopic (exact) mass is 319 g/mol. The first-order chi connectivity index (χ1) is 10.2. The second-order valence-electron chi connectivity index (χ2n) is 6.22. The van der Waals surface area contributed by atoms with Gasteiger partial charge >= 0.3 is 5.97 Å². The molecule has 1 aliphatic carbocycles. The van der Waals surface area contributed by atoms with Gasteiger partial charge in [-0.25, -0.2) is 4.99 Å². The van der Waals surface area contributed by atoms with Gasteiger partial charge in [0.1, 0.15) is 29.5 Å². The van der Waals surface area contributed by atoms with Crippen LogP contribution in [-0.2, 0) is 9.47 Å². The summed E-state index contributed by atoms with van der Waals surface area (Å²) in [4.78, 5) is 3.70. The average Bonchev–Trinajstić information content (AvgIpc) is 2.45. The molecule has 0 amide bonds. The Hall–Kier alpha value is -1.05. The molecular weight excluding hydrogens is 302 g/mol. The van der Waals surface area contributed by atoms with Crippen LogP contribution in [-0.4, -0.2) is 91.0 Å². The first-order valence-corrected chi connectivity index (χ1v) is 6.77. The summed E-state index contributed by atoms with van der Waals surface area (Å²) >= 11 is 0. The predicted octanol–water partition coefficient (Wildman–Crippen LogP) is -5.52. The number of aliphatic imine (C=N–C) groups is 1. The van der Waals surface area contributed by atoms with Crippen LogP contribution < -0.4 is 11.1 Å². The van der Waals surface area contributed by atoms with Crippen molar-refractivity contribution in [2.75, 3.05) is 6.61 Å². The maximum absolute atomic E-state index is 10.6. The summed E-state index contributed by atoms with van der Waals surface area (Å²) in [5, 5.41) is 64.3. The average molecular weight is 319 g/mol. The van der Waals surface area contributed by atoms with Gasteiger partial charge in [-0.1, -0.05) is 0 Å². The van der Waals surface area contributed by atoms with Crippen LogP contribution in [0.3, 0.4) is 0 Å². The van der Waals surface area contributed by atoms with E-state index in [9.17, 15) is 30.6 Å². The number of nitrogens with one attached hydrogen (secondary N) is 1. The second-order valence-corrected chi connectivity index (χ2v) is 6.22. The van der Waals surface area contributed by atoms with E-state index in [0.29, 0.717) is 0 Å². The van der Waals surface area contributed by atoms with E-state index < -0.39 is 60.3 Å². The Morgan fingerprint density at radius 2 is 1.82 bits per heavy atom. The first-order valence-electron chi connectivity index (χ1n) is 6.77. The lowest BCUT2D eigenvalue weighted by Gasteiger charge is -2.71. The van der Waals surface area contributed by atoms with E-state index in [4.69, 9.17) is 15.2 Å². The van der Waals surface area contributed by atoms with Crippen LogP contribution >= 0.6 is 0 Å². The highest BCUT2D eigenvalue weighted by Gasteiger charge is 2.82. The van der Waals surface area contributed by atoms with Crippen molar-refractivity contribution in [3.8, 4) is 0 Å². The zero-order valence-corrected chi connectivity index (χ0v) is 11.2. The maximum atomic E-state index is 10.6. The summed E-state index contributed by atoms with van der Waals surface area (Å²) in [6.07, 6.45) is -7.77. The van der Waals surface area contributed by atoms with Crippen molar-refractivity contribution >= 4 is 5.96 Å². The Balaban J connectivity index is 1.95. The molecule has 124 valence electrons. The highest BCUT2D eigenvalue weighted by molar-refractivity contribution is 5.80. The summed E-state index contributed by atoms with van der Waals surface area (Å²) in [5.41, 5.74) is 1.74. The molecule has 22 heavy (non-hydrogen) atoms. The largest absolute Gasteiger partial charge is 0.393 e. The molecule has 0 aromatic carbocycles. The third kappa shape index (κ3) is 1.28. The fraction of sp³-hybridized carbons (Fsp3) is 0.909. The number of nitrogens with two attached hydrogens (primary N) is 1. The van der Waals surface area contributed by atoms with Crippen molar-refractivity contribution in [3.05, 3.63) is 0 Å². The van der Waals surface area contributed by atoms with Crippen LogP contribution in [0.4, 0.5) is 0 Å². The number of aliphatic hydroxyl groups excluding tert-OH is 4. The zero-order chi connectivity index (χ0) is 16.1. The number of ether oxygens (including phenoxy) is 2. The van der Waals surface area contributed by atoms with E-state index in [1.54, 1.807) is 0 Å². The molecule has 5 aliphatic rings. The van der Waals surface area contributed by atoms with Gasteiger partial charge in [0.2, 0.25) is 0 Å². The van der Waals surface area contributed by atoms with E-state index in [1.807, 2.05) is 0 Å². The lowest BCUT2D eigenvalue weighted by Crippen LogP contribution is -2.95. The highest BCUT2D eigenvalue weighted by Crippen LogP contribution is 2.58. The van der Waals surface area contributed by atoms with Gasteiger partial charge in [0.25, 0.3) is 0 Å². The minimum absolute atomic E-state index is 0.250. The van der Waals surface area contributed by atoms with Crippen LogP contribution in [0.1, 0.15) is 0 Å². The fourth-order valence-electron chi connectivity index (χ4n) is 4.24. The summed E-state index contributed by atoms with van der Waals surface area (Å²) < 4.78 is 10.3. The van der Waals surface area contributed by atoms with E-state index in [2.05, 4.69) is 10.3 Å². The van der Waals surface area contributed by atoms with Gasteiger partial charge in [0, 0.05) is 0 Å². The molecule has 4 heterocycles. The lowest BCUT2D eigenvalue weighted by atomic mass is 9.55. The molecule has 9 N–H and O–H groups in total. The molecule has 11 heteroatoms. The SMILES string of the molecule is NC1=N[C@H](O)[C@H]2[C@H]3O[C@]4(O)O[C@@H](C(O)[C@@]2(N1)[C@@H]4O)[C@@]3(O)CO. The molecule has 4 aliphatic heterocycles. The topological polar surface area (TPSA) is 190 Å². The van der Waals surface area contributed by atoms with Crippen LogP contribution in [0.5, 0.6) is 0 Å². The Morgan fingerprint density at radius 3 is 2.45 bits per heavy atom. The van der Waals surface area contributed by atoms with Crippen molar-refractivity contribution in [2.24, 2.45) is 16.6 Å². The Labute approximate surface area is 123 Å². The molecular formula is C11H17N3O8. The smallest absolute Gasteiger partial charge is 0.311 e. The van der Waals surface area contributed by atoms with Crippen molar-refractivity contribution in [1.82, 2.24) is 5.32 Å². The molecule has 0 aromatic rings. The Morgan fingerprint density at radius 1 is 1.18 bits per heavy atom. The van der Waals surface area contributed by atoms with Crippen molar-refractivity contribution in [1.29, 1.82) is 0 Å². The number of hydrogen-bond donors (Lipinski definition) is 8. The van der Waals surface area contributed by atoms with Crippen LogP contribution in [0.25, 0.3) is 0 Å². The zero-order valence-electron chi connectivity index (χ0n) is 11.2. The van der Waals surface area contributed by atoms with Crippen molar-refractivity contribution in [2.45, 2.75) is 47.8 Å². The molecule has 9 atom stereocenters. The molecule has 3 saturated heterocycles. The summed E-state index contributed by atoms with van der Waals surface area (Å²) in [6, 6.07) is 0. The van der Waals surface area contributed by atoms with Gasteiger partial charge in [-0.05, 0) is 0 Å². The van der Waals surface area contributed by atoms with E-state index in [1.165, 1.54) is 0 Å². The molecule has 1 unspecified atom stereocenters. The second kappa shape index (κ2) is 3.88. The van der Waals surface area contributed by atoms with Crippen molar-refractivity contribution in [3.63, 3.8) is 0 Å². The number of aliphatic hydroxyl groups is 6. The molecule has 4 fully saturated rings. The molecule has 4 bridgehead atoms. The minimum Gasteiger partial charge on any atom is -0.393 e. The van der Waals surface area contributed by atoms with E-state index >= 15 is 0 Å². The summed E-state index contributed by atoms with van der Waals surface area (Å²) in [5.74, 6) is -3.95. The maximum Gasteiger partial charge on any atom is 0.311 e. The predicted molar refractivity (Wildman–Crippen MR) is 65.7 cm³/mol. The molecule has 11 nitrogen and oxygen atoms in total.